The lowest BCUT2D eigenvalue weighted by atomic mass is 10.0. The molecular formula is C91H70F22N14O12S7. The highest BCUT2D eigenvalue weighted by atomic mass is 32.2. The second-order valence-corrected chi connectivity index (χ2v) is 43.4. The highest BCUT2D eigenvalue weighted by Gasteiger charge is 2.59. The molecule has 1 aliphatic carbocycles. The molecule has 0 bridgehead atoms. The molecule has 4 N–H and O–H groups in total. The van der Waals surface area contributed by atoms with Crippen LogP contribution in [0.2, 0.25) is 0 Å². The maximum atomic E-state index is 14.2. The molecule has 4 amide bonds. The smallest absolute Gasteiger partial charge is 0.351 e. The predicted octanol–water partition coefficient (Wildman–Crippen LogP) is 17.1. The van der Waals surface area contributed by atoms with E-state index in [1.165, 1.54) is 36.4 Å². The van der Waals surface area contributed by atoms with Gasteiger partial charge in [0.15, 0.2) is 15.7 Å². The van der Waals surface area contributed by atoms with Crippen molar-refractivity contribution in [3.05, 3.63) is 289 Å². The molecule has 4 saturated heterocycles. The maximum Gasteiger partial charge on any atom is 0.451 e. The summed E-state index contributed by atoms with van der Waals surface area (Å²) < 4.78 is 399. The first-order chi connectivity index (χ1) is 68.5. The Morgan fingerprint density at radius 2 is 0.781 bits per heavy atom. The number of aromatic nitrogens is 5. The first kappa shape index (κ1) is 109. The standard InChI is InChI=1S/C25H19F4N5O3S.3C22H17F6N3O3S2/c26-19-3-5-20(6-4-19)38(36,37)34-13-17-8-21(17)22(34)23(35)31-10-16-7-14(1-2-15(16)9-30)18-11-32-24(33-12-18)25(27,28)29;23-14-1-3-17(4-2-14)36(33,34)31-11-16(25)8-18(31)20(32)29-9-12-5-13(7-15(24)6-12)19-10-30-21(35-19)22(26,27)28;23-14-1-3-17(4-2-14)36(33,34)31-10-16(25)8-19(31)20(32)29-9-12-5-13(7-15(24)6-12)18-11-35-21(30-18)22(26,27)28;23-14-1-3-17(4-2-14)36(33,34)31-10-16(25)8-18(31)20(32)29-9-12-5-13(7-15(24)6-12)21-30-19(11-35-21)22(26,27)28/h1-7,11-12,17,21-22H,8,10,13H2,(H,31,35);1-7,10,16,18H,8-9,11H2,(H,29,32);1-7,11,16,19H,8-10H2,(H,29,32);1-7,11,16,18H,8-10H2,(H,29,32)/t17-,21-,22-;16-,18+;16-,19+;16-,18+/m0111/s1. The molecule has 55 heteroatoms. The number of nitrogens with one attached hydrogen (secondary N) is 4. The van der Waals surface area contributed by atoms with Gasteiger partial charge in [-0.05, 0) is 215 Å². The summed E-state index contributed by atoms with van der Waals surface area (Å²) in [5.74, 6) is -9.39. The molecule has 1 saturated carbocycles. The minimum atomic E-state index is -4.68. The average molecular weight is 2190 g/mol. The second kappa shape index (κ2) is 43.7. The van der Waals surface area contributed by atoms with Crippen LogP contribution < -0.4 is 21.3 Å². The molecule has 4 aliphatic heterocycles. The average Bonchev–Trinajstić information content (AvgIpc) is 1.56. The van der Waals surface area contributed by atoms with Crippen LogP contribution in [-0.4, -0.2) is 168 Å². The lowest BCUT2D eigenvalue weighted by Crippen LogP contribution is -2.48. The van der Waals surface area contributed by atoms with Gasteiger partial charge in [0.05, 0.1) is 41.8 Å². The molecule has 5 aliphatic rings. The van der Waals surface area contributed by atoms with E-state index in [1.807, 2.05) is 6.07 Å². The van der Waals surface area contributed by atoms with E-state index in [0.717, 1.165) is 167 Å². The van der Waals surface area contributed by atoms with Crippen molar-refractivity contribution in [2.75, 3.05) is 26.2 Å². The third kappa shape index (κ3) is 25.9. The number of carbonyl (C=O) groups excluding carboxylic acids is 4. The summed E-state index contributed by atoms with van der Waals surface area (Å²) in [5, 5.41) is 19.1. The van der Waals surface area contributed by atoms with Gasteiger partial charge >= 0.3 is 24.7 Å². The normalized spacial score (nSPS) is 19.5. The van der Waals surface area contributed by atoms with Gasteiger partial charge in [0.25, 0.3) is 0 Å². The van der Waals surface area contributed by atoms with Crippen LogP contribution in [0.5, 0.6) is 0 Å². The molecule has 9 atom stereocenters. The van der Waals surface area contributed by atoms with Crippen LogP contribution in [0, 0.1) is 63.9 Å². The number of amides is 4. The number of alkyl halides is 15. The summed E-state index contributed by atoms with van der Waals surface area (Å²) in [6.45, 7) is -2.58. The third-order valence-electron chi connectivity index (χ3n) is 22.9. The largest absolute Gasteiger partial charge is 0.451 e. The molecule has 26 nitrogen and oxygen atoms in total. The Balaban J connectivity index is 0.000000154. The van der Waals surface area contributed by atoms with Gasteiger partial charge in [-0.1, -0.05) is 6.07 Å². The lowest BCUT2D eigenvalue weighted by molar-refractivity contribution is -0.145. The van der Waals surface area contributed by atoms with Crippen LogP contribution in [-0.2, 0) is 110 Å². The van der Waals surface area contributed by atoms with Gasteiger partial charge in [0, 0.05) is 118 Å². The number of piperidine rings is 1. The van der Waals surface area contributed by atoms with Crippen LogP contribution in [0.4, 0.5) is 96.6 Å². The SMILES string of the molecule is N#Cc1ccc(-c2cnc(C(F)(F)F)nc2)cc1CNC(=O)[C@@H]1[C@H]2C[C@H]2CN1S(=O)(=O)c1ccc(F)cc1.O=C(NCc1cc(F)cc(-c2cnc(C(F)(F)F)s2)c1)[C@@H]1C[C@@H](F)CN1S(=O)(=O)c1ccc(F)cc1.O=C(NCc1cc(F)cc(-c2csc(C(F)(F)F)n2)c1)[C@@H]1C[C@@H](F)CN1S(=O)(=O)c1ccc(F)cc1.O=C(NCc1cc(F)cc(-c2nc(C(F)(F)F)cs2)c1)[C@@H]1C[C@@H](F)CN1S(=O)(=O)c1ccc(F)cc1. The van der Waals surface area contributed by atoms with Crippen LogP contribution >= 0.6 is 34.0 Å². The molecule has 17 rings (SSSR count). The van der Waals surface area contributed by atoms with E-state index in [4.69, 9.17) is 0 Å². The van der Waals surface area contributed by atoms with Gasteiger partial charge in [-0.2, -0.15) is 75.2 Å². The van der Waals surface area contributed by atoms with E-state index in [-0.39, 0.29) is 124 Å². The number of carbonyl (C=O) groups is 4. The van der Waals surface area contributed by atoms with Gasteiger partial charge in [0.2, 0.25) is 69.5 Å². The molecule has 5 fully saturated rings. The van der Waals surface area contributed by atoms with Crippen molar-refractivity contribution in [2.45, 2.75) is 139 Å². The minimum absolute atomic E-state index is 0.0520. The molecule has 146 heavy (non-hydrogen) atoms. The van der Waals surface area contributed by atoms with Crippen LogP contribution in [0.1, 0.15) is 75.0 Å². The number of hydrogen-bond donors (Lipinski definition) is 4. The summed E-state index contributed by atoms with van der Waals surface area (Å²) >= 11 is 1.35. The van der Waals surface area contributed by atoms with E-state index < -0.39 is 232 Å². The van der Waals surface area contributed by atoms with Gasteiger partial charge < -0.3 is 21.3 Å². The van der Waals surface area contributed by atoms with E-state index in [1.54, 1.807) is 0 Å². The Bertz CT molecular complexity index is 6900. The molecule has 8 aromatic carbocycles. The molecule has 8 heterocycles. The number of thiazole rings is 3. The number of halogens is 22. The monoisotopic (exact) mass is 2190 g/mol. The zero-order chi connectivity index (χ0) is 106. The van der Waals surface area contributed by atoms with Crippen molar-refractivity contribution < 1.29 is 149 Å². The third-order valence-corrected chi connectivity index (χ3v) is 33.3. The van der Waals surface area contributed by atoms with E-state index >= 15 is 0 Å². The Morgan fingerprint density at radius 1 is 0.384 bits per heavy atom. The first-order valence-electron chi connectivity index (χ1n) is 42.6. The van der Waals surface area contributed by atoms with E-state index in [0.29, 0.717) is 64.5 Å². The van der Waals surface area contributed by atoms with Crippen molar-refractivity contribution in [1.82, 2.24) is 63.4 Å². The quantitative estimate of drug-likeness (QED) is 0.0408. The Morgan fingerprint density at radius 3 is 1.17 bits per heavy atom. The number of hydrogen-bond acceptors (Lipinski definition) is 21. The highest BCUT2D eigenvalue weighted by molar-refractivity contribution is 7.90. The van der Waals surface area contributed by atoms with E-state index in [9.17, 15) is 155 Å². The number of nitriles is 1. The molecule has 4 aromatic heterocycles. The van der Waals surface area contributed by atoms with Gasteiger partial charge in [-0.15, -0.1) is 34.0 Å². The Labute approximate surface area is 826 Å². The van der Waals surface area contributed by atoms with Crippen molar-refractivity contribution in [2.24, 2.45) is 11.8 Å². The van der Waals surface area contributed by atoms with Gasteiger partial charge in [0.1, 0.15) is 88.4 Å². The van der Waals surface area contributed by atoms with Crippen molar-refractivity contribution >= 4 is 97.7 Å². The lowest BCUT2D eigenvalue weighted by Gasteiger charge is -2.26. The van der Waals surface area contributed by atoms with Gasteiger partial charge in [-0.3, -0.25) is 19.2 Å². The number of nitrogens with zero attached hydrogens (tertiary/aromatic N) is 10. The van der Waals surface area contributed by atoms with Crippen LogP contribution in [0.25, 0.3) is 43.4 Å². The summed E-state index contributed by atoms with van der Waals surface area (Å²) in [6, 6.07) is 27.5. The number of benzene rings is 8. The fourth-order valence-corrected chi connectivity index (χ4v) is 24.7. The minimum Gasteiger partial charge on any atom is -0.351 e. The number of fused-ring (bicyclic) bond motifs is 1. The maximum absolute atomic E-state index is 14.2. The summed E-state index contributed by atoms with van der Waals surface area (Å²) in [4.78, 5) is 67.5. The molecule has 12 aromatic rings. The summed E-state index contributed by atoms with van der Waals surface area (Å²) in [6.07, 6.45) is -21.0. The summed E-state index contributed by atoms with van der Waals surface area (Å²) in [5.41, 5.74) is 0.853. The van der Waals surface area contributed by atoms with Gasteiger partial charge in [-0.25, -0.2) is 102 Å². The van der Waals surface area contributed by atoms with Crippen molar-refractivity contribution in [3.63, 3.8) is 0 Å². The Kier molecular flexibility index (Phi) is 32.6. The van der Waals surface area contributed by atoms with Crippen LogP contribution in [0.3, 0.4) is 0 Å². The Hall–Kier alpha value is -12.8. The zero-order valence-corrected chi connectivity index (χ0v) is 79.5. The van der Waals surface area contributed by atoms with Crippen molar-refractivity contribution in [3.8, 4) is 49.5 Å². The summed E-state index contributed by atoms with van der Waals surface area (Å²) in [7, 11) is -17.0. The number of rotatable bonds is 24. The molecular weight excluding hydrogens is 2120 g/mol. The van der Waals surface area contributed by atoms with E-state index in [2.05, 4.69) is 46.2 Å². The van der Waals surface area contributed by atoms with Crippen LogP contribution in [0.15, 0.2) is 219 Å². The first-order valence-corrected chi connectivity index (χ1v) is 50.9. The topological polar surface area (TPSA) is 354 Å². The molecule has 772 valence electrons. The fourth-order valence-electron chi connectivity index (χ4n) is 15.9. The van der Waals surface area contributed by atoms with Crippen molar-refractivity contribution in [1.29, 1.82) is 5.26 Å². The second-order valence-electron chi connectivity index (χ2n) is 33.1. The highest BCUT2D eigenvalue weighted by Crippen LogP contribution is 2.52. The molecule has 0 spiro atoms. The molecule has 0 unspecified atom stereocenters. The predicted molar refractivity (Wildman–Crippen MR) is 479 cm³/mol. The zero-order valence-electron chi connectivity index (χ0n) is 73.8. The number of sulfonamides is 4. The molecule has 0 radical (unpaired) electrons. The fraction of sp³-hybridized carbons (Fsp3) is 0.275.